The number of para-hydroxylation sites is 3. The molecule has 57 heavy (non-hydrogen) atoms. The van der Waals surface area contributed by atoms with Crippen molar-refractivity contribution in [2.45, 2.75) is 32.2 Å². The van der Waals surface area contributed by atoms with Gasteiger partial charge in [-0.05, 0) is 108 Å². The predicted octanol–water partition coefficient (Wildman–Crippen LogP) is 12.9. The van der Waals surface area contributed by atoms with E-state index in [2.05, 4.69) is 223 Å². The third-order valence-corrected chi connectivity index (χ3v) is 11.9. The van der Waals surface area contributed by atoms with Crippen molar-refractivity contribution in [2.75, 3.05) is 16.5 Å². The molecule has 0 bridgehead atoms. The molecule has 276 valence electrons. The summed E-state index contributed by atoms with van der Waals surface area (Å²) in [5.41, 5.74) is 13.7. The maximum atomic E-state index is 5.05. The smallest absolute Gasteiger partial charge is 0.138 e. The Morgan fingerprint density at radius 3 is 1.91 bits per heavy atom. The molecule has 0 saturated carbocycles. The van der Waals surface area contributed by atoms with Gasteiger partial charge in [0.2, 0.25) is 0 Å². The molecule has 4 heteroatoms. The number of anilines is 3. The first-order chi connectivity index (χ1) is 28.0. The average Bonchev–Trinajstić information content (AvgIpc) is 3.82. The predicted molar refractivity (Wildman–Crippen MR) is 238 cm³/mol. The molecule has 0 saturated heterocycles. The summed E-state index contributed by atoms with van der Waals surface area (Å²) in [6, 6.07) is 69.3. The van der Waals surface area contributed by atoms with Gasteiger partial charge in [0.25, 0.3) is 0 Å². The third kappa shape index (κ3) is 5.63. The van der Waals surface area contributed by atoms with E-state index < -0.39 is 5.41 Å². The van der Waals surface area contributed by atoms with E-state index in [9.17, 15) is 0 Å². The van der Waals surface area contributed by atoms with Crippen LogP contribution in [0.3, 0.4) is 0 Å². The molecule has 3 heterocycles. The second-order valence-electron chi connectivity index (χ2n) is 15.5. The Morgan fingerprint density at radius 1 is 0.526 bits per heavy atom. The highest BCUT2D eigenvalue weighted by Gasteiger charge is 2.40. The summed E-state index contributed by atoms with van der Waals surface area (Å²) in [6.45, 7) is 7.52. The fourth-order valence-electron chi connectivity index (χ4n) is 9.24. The average molecular weight is 737 g/mol. The lowest BCUT2D eigenvalue weighted by molar-refractivity contribution is 0.708. The molecule has 4 nitrogen and oxygen atoms in total. The van der Waals surface area contributed by atoms with Gasteiger partial charge in [0, 0.05) is 28.7 Å². The molecule has 0 spiro atoms. The van der Waals surface area contributed by atoms with Crippen LogP contribution in [0.25, 0.3) is 38.8 Å². The van der Waals surface area contributed by atoms with Crippen LogP contribution in [0, 0.1) is 6.92 Å². The zero-order valence-corrected chi connectivity index (χ0v) is 32.5. The summed E-state index contributed by atoms with van der Waals surface area (Å²) in [4.78, 5) is 10.0. The standard InChI is InChI=1S/C53H44N4/c1-37(2)55-36-56(50-28-15-14-27-49(50)55)44-23-16-22-42(34-44)53(40-18-6-4-7-19-40,41-20-8-5-9-21-41)43-29-30-47-46-25-12-13-26-48(46)57(51(47)35-43)52-33-39(31-32-54-52)45-24-11-10-17-38(45)3/h4-35,37H,36H2,1-3H3. The number of hydrogen-bond acceptors (Lipinski definition) is 3. The van der Waals surface area contributed by atoms with E-state index in [1.54, 1.807) is 0 Å². The SMILES string of the molecule is Cc1ccccc1-c1ccnc(-n2c3ccccc3c3ccc(C(c4ccccc4)(c4ccccc4)c4cccc(N5CN(C(C)C)c6ccccc65)c4)cc32)c1. The molecule has 0 N–H and O–H groups in total. The molecule has 2 aromatic heterocycles. The van der Waals surface area contributed by atoms with Gasteiger partial charge >= 0.3 is 0 Å². The fraction of sp³-hybridized carbons (Fsp3) is 0.113. The monoisotopic (exact) mass is 736 g/mol. The number of benzene rings is 7. The topological polar surface area (TPSA) is 24.3 Å². The molecule has 1 aliphatic rings. The van der Waals surface area contributed by atoms with Crippen LogP contribution in [-0.2, 0) is 5.41 Å². The molecule has 0 radical (unpaired) electrons. The number of pyridine rings is 1. The molecule has 0 unspecified atom stereocenters. The van der Waals surface area contributed by atoms with E-state index in [1.807, 2.05) is 6.20 Å². The van der Waals surface area contributed by atoms with Crippen molar-refractivity contribution < 1.29 is 0 Å². The van der Waals surface area contributed by atoms with E-state index in [4.69, 9.17) is 4.98 Å². The van der Waals surface area contributed by atoms with Crippen LogP contribution < -0.4 is 9.80 Å². The lowest BCUT2D eigenvalue weighted by atomic mass is 9.65. The molecule has 7 aromatic carbocycles. The Balaban J connectivity index is 1.24. The Bertz CT molecular complexity index is 2850. The van der Waals surface area contributed by atoms with Crippen molar-refractivity contribution in [1.82, 2.24) is 9.55 Å². The van der Waals surface area contributed by atoms with Crippen molar-refractivity contribution in [3.63, 3.8) is 0 Å². The lowest BCUT2D eigenvalue weighted by Crippen LogP contribution is -2.34. The summed E-state index contributed by atoms with van der Waals surface area (Å²) < 4.78 is 2.36. The third-order valence-electron chi connectivity index (χ3n) is 11.9. The van der Waals surface area contributed by atoms with Crippen molar-refractivity contribution in [1.29, 1.82) is 0 Å². The fourth-order valence-corrected chi connectivity index (χ4v) is 9.24. The minimum absolute atomic E-state index is 0.373. The van der Waals surface area contributed by atoms with Crippen LogP contribution in [0.4, 0.5) is 17.1 Å². The maximum Gasteiger partial charge on any atom is 0.138 e. The second kappa shape index (κ2) is 14.0. The minimum Gasteiger partial charge on any atom is -0.349 e. The number of aryl methyl sites for hydroxylation is 1. The molecule has 0 fully saturated rings. The highest BCUT2D eigenvalue weighted by molar-refractivity contribution is 6.09. The van der Waals surface area contributed by atoms with Crippen LogP contribution in [0.1, 0.15) is 41.7 Å². The van der Waals surface area contributed by atoms with Crippen LogP contribution in [0.2, 0.25) is 0 Å². The molecule has 1 aliphatic heterocycles. The van der Waals surface area contributed by atoms with E-state index >= 15 is 0 Å². The van der Waals surface area contributed by atoms with Crippen LogP contribution in [-0.4, -0.2) is 22.3 Å². The van der Waals surface area contributed by atoms with Crippen molar-refractivity contribution in [3.8, 4) is 16.9 Å². The number of nitrogens with zero attached hydrogens (tertiary/aromatic N) is 4. The molecule has 0 aliphatic carbocycles. The van der Waals surface area contributed by atoms with Gasteiger partial charge in [0.1, 0.15) is 5.82 Å². The summed E-state index contributed by atoms with van der Waals surface area (Å²) in [7, 11) is 0. The van der Waals surface area contributed by atoms with Crippen molar-refractivity contribution >= 4 is 38.9 Å². The van der Waals surface area contributed by atoms with E-state index in [0.29, 0.717) is 6.04 Å². The molecule has 9 aromatic rings. The lowest BCUT2D eigenvalue weighted by Gasteiger charge is -2.37. The number of fused-ring (bicyclic) bond motifs is 4. The normalized spacial score (nSPS) is 12.8. The Labute approximate surface area is 334 Å². The first-order valence-electron chi connectivity index (χ1n) is 19.9. The van der Waals surface area contributed by atoms with Gasteiger partial charge in [-0.3, -0.25) is 4.57 Å². The molecule has 0 atom stereocenters. The second-order valence-corrected chi connectivity index (χ2v) is 15.5. The highest BCUT2D eigenvalue weighted by Crippen LogP contribution is 2.49. The van der Waals surface area contributed by atoms with Crippen molar-refractivity contribution in [3.05, 3.63) is 222 Å². The summed E-state index contributed by atoms with van der Waals surface area (Å²) in [5.74, 6) is 0.897. The van der Waals surface area contributed by atoms with Gasteiger partial charge < -0.3 is 9.80 Å². The quantitative estimate of drug-likeness (QED) is 0.145. The zero-order chi connectivity index (χ0) is 38.5. The van der Waals surface area contributed by atoms with Gasteiger partial charge in [-0.25, -0.2) is 4.98 Å². The maximum absolute atomic E-state index is 5.05. The Morgan fingerprint density at radius 2 is 1.16 bits per heavy atom. The molecular weight excluding hydrogens is 693 g/mol. The zero-order valence-electron chi connectivity index (χ0n) is 32.5. The van der Waals surface area contributed by atoms with Gasteiger partial charge in [-0.2, -0.15) is 0 Å². The number of hydrogen-bond donors (Lipinski definition) is 0. The van der Waals surface area contributed by atoms with Crippen molar-refractivity contribution in [2.24, 2.45) is 0 Å². The minimum atomic E-state index is -0.651. The van der Waals surface area contributed by atoms with E-state index in [-0.39, 0.29) is 0 Å². The van der Waals surface area contributed by atoms with Gasteiger partial charge in [-0.1, -0.05) is 140 Å². The number of aromatic nitrogens is 2. The molecular formula is C53H44N4. The summed E-state index contributed by atoms with van der Waals surface area (Å²) >= 11 is 0. The van der Waals surface area contributed by atoms with Crippen LogP contribution in [0.15, 0.2) is 194 Å². The Hall–Kier alpha value is -6.91. The highest BCUT2D eigenvalue weighted by atomic mass is 15.4. The first-order valence-corrected chi connectivity index (χ1v) is 19.9. The van der Waals surface area contributed by atoms with Gasteiger partial charge in [-0.15, -0.1) is 0 Å². The van der Waals surface area contributed by atoms with E-state index in [0.717, 1.165) is 29.1 Å². The number of rotatable bonds is 8. The first kappa shape index (κ1) is 34.6. The van der Waals surface area contributed by atoms with E-state index in [1.165, 1.54) is 61.2 Å². The van der Waals surface area contributed by atoms with Crippen LogP contribution in [0.5, 0.6) is 0 Å². The van der Waals surface area contributed by atoms with Gasteiger partial charge in [0.05, 0.1) is 34.5 Å². The largest absolute Gasteiger partial charge is 0.349 e. The Kier molecular flexibility index (Phi) is 8.48. The van der Waals surface area contributed by atoms with Crippen LogP contribution >= 0.6 is 0 Å². The molecule has 10 rings (SSSR count). The summed E-state index contributed by atoms with van der Waals surface area (Å²) in [5, 5.41) is 2.40. The summed E-state index contributed by atoms with van der Waals surface area (Å²) in [6.07, 6.45) is 1.95. The molecule has 0 amide bonds. The van der Waals surface area contributed by atoms with Gasteiger partial charge in [0.15, 0.2) is 0 Å².